The first kappa shape index (κ1) is 30.6. The lowest BCUT2D eigenvalue weighted by atomic mass is 9.67. The Kier molecular flexibility index (Phi) is 8.05. The van der Waals surface area contributed by atoms with E-state index in [4.69, 9.17) is 0 Å². The Morgan fingerprint density at radius 1 is 1.02 bits per heavy atom. The fourth-order valence-corrected chi connectivity index (χ4v) is 7.72. The number of allylic oxidation sites excluding steroid dienone is 1. The number of likely N-dealkylation sites (tertiary alicyclic amines) is 1. The predicted octanol–water partition coefficient (Wildman–Crippen LogP) is 8.23. The van der Waals surface area contributed by atoms with Crippen molar-refractivity contribution in [2.45, 2.75) is 83.2 Å². The number of hydrogen-bond acceptors (Lipinski definition) is 2. The lowest BCUT2D eigenvalue weighted by molar-refractivity contribution is -0.143. The quantitative estimate of drug-likeness (QED) is 0.343. The molecule has 5 rings (SSSR count). The molecule has 2 aromatic rings. The average Bonchev–Trinajstić information content (AvgIpc) is 3.51. The second-order valence-corrected chi connectivity index (χ2v) is 13.0. The van der Waals surface area contributed by atoms with Crippen LogP contribution in [0.2, 0.25) is 0 Å². The van der Waals surface area contributed by atoms with Crippen LogP contribution in [0.25, 0.3) is 6.08 Å². The first-order valence-electron chi connectivity index (χ1n) is 14.7. The maximum absolute atomic E-state index is 13.7. The summed E-state index contributed by atoms with van der Waals surface area (Å²) in [6, 6.07) is 10.2. The smallest absolute Gasteiger partial charge is 0.352 e. The van der Waals surface area contributed by atoms with Crippen LogP contribution in [0, 0.1) is 17.3 Å². The van der Waals surface area contributed by atoms with Gasteiger partial charge in [0.15, 0.2) is 0 Å². The van der Waals surface area contributed by atoms with Crippen LogP contribution in [0.4, 0.5) is 26.3 Å². The molecule has 1 aliphatic heterocycles. The van der Waals surface area contributed by atoms with E-state index in [2.05, 4.69) is 53.6 Å². The fraction of sp³-hybridized carbons (Fsp3) is 0.545. The topological polar surface area (TPSA) is 32.3 Å². The Balaban J connectivity index is 1.29. The molecule has 42 heavy (non-hydrogen) atoms. The number of nitrogens with zero attached hydrogens (tertiary/aromatic N) is 1. The molecule has 9 heteroatoms. The number of carbonyl (C=O) groups excluding carboxylic acids is 1. The highest BCUT2D eigenvalue weighted by molar-refractivity contribution is 5.83. The molecule has 0 bridgehead atoms. The second-order valence-electron chi connectivity index (χ2n) is 13.0. The van der Waals surface area contributed by atoms with Crippen molar-refractivity contribution >= 4 is 12.0 Å². The highest BCUT2D eigenvalue weighted by Crippen LogP contribution is 2.50. The van der Waals surface area contributed by atoms with E-state index in [1.54, 1.807) is 0 Å². The van der Waals surface area contributed by atoms with Crippen LogP contribution in [0.15, 0.2) is 48.5 Å². The zero-order valence-corrected chi connectivity index (χ0v) is 24.2. The van der Waals surface area contributed by atoms with Crippen LogP contribution in [0.5, 0.6) is 0 Å². The van der Waals surface area contributed by atoms with Gasteiger partial charge in [0, 0.05) is 24.5 Å². The molecule has 0 aromatic heterocycles. The van der Waals surface area contributed by atoms with Crippen LogP contribution in [0.1, 0.15) is 80.7 Å². The van der Waals surface area contributed by atoms with Gasteiger partial charge in [-0.15, -0.1) is 0 Å². The summed E-state index contributed by atoms with van der Waals surface area (Å²) in [5, 5.41) is 2.73. The average molecular weight is 593 g/mol. The molecule has 3 unspecified atom stereocenters. The predicted molar refractivity (Wildman–Crippen MR) is 150 cm³/mol. The summed E-state index contributed by atoms with van der Waals surface area (Å²) in [4.78, 5) is 16.2. The van der Waals surface area contributed by atoms with E-state index in [-0.39, 0.29) is 34.9 Å². The minimum absolute atomic E-state index is 0.0122. The van der Waals surface area contributed by atoms with Crippen LogP contribution < -0.4 is 5.32 Å². The molecule has 228 valence electrons. The molecular formula is C33H38F6N2O. The van der Waals surface area contributed by atoms with Crippen LogP contribution in [0.3, 0.4) is 0 Å². The van der Waals surface area contributed by atoms with Gasteiger partial charge >= 0.3 is 12.4 Å². The van der Waals surface area contributed by atoms with Gasteiger partial charge in [-0.1, -0.05) is 57.2 Å². The summed E-state index contributed by atoms with van der Waals surface area (Å²) in [7, 11) is 0. The van der Waals surface area contributed by atoms with Gasteiger partial charge in [0.1, 0.15) is 0 Å². The summed E-state index contributed by atoms with van der Waals surface area (Å²) < 4.78 is 80.0. The van der Waals surface area contributed by atoms with Gasteiger partial charge in [0.2, 0.25) is 5.91 Å². The second kappa shape index (κ2) is 11.0. The Morgan fingerprint density at radius 3 is 2.31 bits per heavy atom. The first-order valence-corrected chi connectivity index (χ1v) is 14.7. The minimum Gasteiger partial charge on any atom is -0.352 e. The van der Waals surface area contributed by atoms with Crippen molar-refractivity contribution in [1.29, 1.82) is 0 Å². The molecule has 4 atom stereocenters. The van der Waals surface area contributed by atoms with Gasteiger partial charge in [-0.05, 0) is 85.4 Å². The number of benzene rings is 2. The number of piperidine rings is 1. The standard InChI is InChI=1S/C33H38F6N2O/c1-21(2)17-30(29(42)40-19-23-14-25(32(34,35)36)16-26(15-23)33(37,38)39)10-9-27(18-30)41-13-12-31(22(3)20-41)11-8-24-6-4-5-7-28(24)31/h4-8,11,14-16,21-22,27H,9-10,12-13,17-20H2,1-3H3,(H,40,42)/t22?,27?,30?,31-/m0/s1. The molecule has 2 aromatic carbocycles. The molecule has 1 saturated carbocycles. The van der Waals surface area contributed by atoms with E-state index in [9.17, 15) is 31.1 Å². The number of fused-ring (bicyclic) bond motifs is 2. The number of carbonyl (C=O) groups is 1. The summed E-state index contributed by atoms with van der Waals surface area (Å²) in [5.41, 5.74) is -1.04. The highest BCUT2D eigenvalue weighted by atomic mass is 19.4. The Hall–Kier alpha value is -2.81. The van der Waals surface area contributed by atoms with Crippen LogP contribution in [-0.2, 0) is 29.1 Å². The van der Waals surface area contributed by atoms with Crippen molar-refractivity contribution < 1.29 is 31.1 Å². The Morgan fingerprint density at radius 2 is 1.69 bits per heavy atom. The molecule has 1 spiro atoms. The summed E-state index contributed by atoms with van der Waals surface area (Å²) in [6.45, 7) is 7.74. The molecule has 1 N–H and O–H groups in total. The largest absolute Gasteiger partial charge is 0.416 e. The van der Waals surface area contributed by atoms with Gasteiger partial charge in [0.05, 0.1) is 16.5 Å². The Bertz CT molecular complexity index is 1320. The number of halogens is 6. The molecule has 3 aliphatic rings. The number of nitrogens with one attached hydrogen (secondary N) is 1. The van der Waals surface area contributed by atoms with Crippen molar-refractivity contribution in [3.05, 3.63) is 76.4 Å². The molecule has 1 amide bonds. The van der Waals surface area contributed by atoms with E-state index in [0.29, 0.717) is 37.3 Å². The van der Waals surface area contributed by atoms with Gasteiger partial charge in [0.25, 0.3) is 0 Å². The van der Waals surface area contributed by atoms with E-state index in [1.807, 2.05) is 13.8 Å². The molecule has 1 saturated heterocycles. The van der Waals surface area contributed by atoms with Crippen molar-refractivity contribution in [3.63, 3.8) is 0 Å². The molecule has 1 heterocycles. The third-order valence-corrected chi connectivity index (χ3v) is 9.70. The zero-order chi connectivity index (χ0) is 30.5. The monoisotopic (exact) mass is 592 g/mol. The van der Waals surface area contributed by atoms with E-state index < -0.39 is 35.4 Å². The number of hydrogen-bond donors (Lipinski definition) is 1. The van der Waals surface area contributed by atoms with Gasteiger partial charge in [-0.2, -0.15) is 26.3 Å². The van der Waals surface area contributed by atoms with Gasteiger partial charge in [-0.3, -0.25) is 9.69 Å². The SMILES string of the molecule is CC(C)CC1(C(=O)NCc2cc(C(F)(F)F)cc(C(F)(F)F)c2)CCC(N2CC[C@@]3(C=Cc4ccccc43)C(C)C2)C1. The third-order valence-electron chi connectivity index (χ3n) is 9.70. The van der Waals surface area contributed by atoms with Crippen molar-refractivity contribution in [2.75, 3.05) is 13.1 Å². The van der Waals surface area contributed by atoms with Crippen LogP contribution in [-0.4, -0.2) is 29.9 Å². The maximum atomic E-state index is 13.7. The number of amides is 1. The molecular weight excluding hydrogens is 554 g/mol. The summed E-state index contributed by atoms with van der Waals surface area (Å²) in [6.07, 6.45) is -1.62. The lowest BCUT2D eigenvalue weighted by Gasteiger charge is -2.46. The highest BCUT2D eigenvalue weighted by Gasteiger charge is 2.50. The fourth-order valence-electron chi connectivity index (χ4n) is 7.72. The Labute approximate surface area is 243 Å². The van der Waals surface area contributed by atoms with Gasteiger partial charge in [-0.25, -0.2) is 0 Å². The van der Waals surface area contributed by atoms with Crippen molar-refractivity contribution in [1.82, 2.24) is 10.2 Å². The summed E-state index contributed by atoms with van der Waals surface area (Å²) in [5.74, 6) is 0.284. The van der Waals surface area contributed by atoms with Gasteiger partial charge < -0.3 is 5.32 Å². The van der Waals surface area contributed by atoms with E-state index in [1.165, 1.54) is 11.1 Å². The first-order chi connectivity index (χ1) is 19.6. The molecule has 3 nitrogen and oxygen atoms in total. The lowest BCUT2D eigenvalue weighted by Crippen LogP contribution is -2.51. The molecule has 0 radical (unpaired) electrons. The molecule has 2 aliphatic carbocycles. The van der Waals surface area contributed by atoms with Crippen molar-refractivity contribution in [2.24, 2.45) is 17.3 Å². The minimum atomic E-state index is -4.93. The number of rotatable bonds is 6. The normalized spacial score (nSPS) is 28.0. The summed E-state index contributed by atoms with van der Waals surface area (Å²) >= 11 is 0. The maximum Gasteiger partial charge on any atom is 0.416 e. The third kappa shape index (κ3) is 5.86. The van der Waals surface area contributed by atoms with E-state index >= 15 is 0 Å². The zero-order valence-electron chi connectivity index (χ0n) is 24.2. The van der Waals surface area contributed by atoms with Crippen LogP contribution >= 0.6 is 0 Å². The van der Waals surface area contributed by atoms with E-state index in [0.717, 1.165) is 25.9 Å². The number of alkyl halides is 6. The van der Waals surface area contributed by atoms with Crippen molar-refractivity contribution in [3.8, 4) is 0 Å². The molecule has 2 fully saturated rings.